The van der Waals surface area contributed by atoms with Crippen LogP contribution in [-0.4, -0.2) is 26.8 Å². The molecule has 0 unspecified atom stereocenters. The topological polar surface area (TPSA) is 97.4 Å². The number of furan rings is 1. The van der Waals surface area contributed by atoms with Crippen LogP contribution in [0.4, 0.5) is 5.82 Å². The molecular weight excluding hydrogens is 334 g/mol. The first kappa shape index (κ1) is 17.5. The van der Waals surface area contributed by atoms with Crippen LogP contribution in [0.3, 0.4) is 0 Å². The van der Waals surface area contributed by atoms with Gasteiger partial charge in [-0.1, -0.05) is 31.2 Å². The first-order valence-electron chi connectivity index (χ1n) is 8.23. The minimum Gasteiger partial charge on any atom is -0.480 e. The van der Waals surface area contributed by atoms with Gasteiger partial charge in [0.2, 0.25) is 0 Å². The number of amides is 1. The van der Waals surface area contributed by atoms with Gasteiger partial charge in [0, 0.05) is 11.6 Å². The molecule has 26 heavy (non-hydrogen) atoms. The Morgan fingerprint density at radius 3 is 2.58 bits per heavy atom. The molecule has 0 aliphatic rings. The highest BCUT2D eigenvalue weighted by Crippen LogP contribution is 2.23. The minimum absolute atomic E-state index is 0.139. The second kappa shape index (κ2) is 7.26. The van der Waals surface area contributed by atoms with Crippen LogP contribution in [0.25, 0.3) is 11.3 Å². The van der Waals surface area contributed by atoms with Gasteiger partial charge in [-0.15, -0.1) is 0 Å². The monoisotopic (exact) mass is 353 g/mol. The maximum Gasteiger partial charge on any atom is 0.325 e. The number of benzene rings is 1. The van der Waals surface area contributed by atoms with Gasteiger partial charge in [-0.2, -0.15) is 5.10 Å². The molecule has 1 aromatic carbocycles. The molecule has 0 saturated heterocycles. The van der Waals surface area contributed by atoms with E-state index < -0.39 is 11.9 Å². The highest BCUT2D eigenvalue weighted by atomic mass is 16.4. The zero-order valence-corrected chi connectivity index (χ0v) is 14.5. The average Bonchev–Trinajstić information content (AvgIpc) is 3.22. The van der Waals surface area contributed by atoms with Crippen LogP contribution >= 0.6 is 0 Å². The van der Waals surface area contributed by atoms with Gasteiger partial charge in [-0.05, 0) is 31.0 Å². The van der Waals surface area contributed by atoms with E-state index in [2.05, 4.69) is 17.3 Å². The number of carbonyl (C=O) groups is 2. The van der Waals surface area contributed by atoms with Crippen molar-refractivity contribution in [3.05, 3.63) is 59.5 Å². The fraction of sp³-hybridized carbons (Fsp3) is 0.211. The molecule has 7 nitrogen and oxygen atoms in total. The molecule has 2 heterocycles. The number of hydrogen-bond acceptors (Lipinski definition) is 4. The minimum atomic E-state index is -1.04. The molecule has 3 rings (SSSR count). The highest BCUT2D eigenvalue weighted by Gasteiger charge is 2.16. The van der Waals surface area contributed by atoms with E-state index in [4.69, 9.17) is 9.52 Å². The highest BCUT2D eigenvalue weighted by molar-refractivity contribution is 6.02. The number of carboxylic acid groups (broad SMARTS) is 1. The summed E-state index contributed by atoms with van der Waals surface area (Å²) in [6, 6.07) is 12.9. The van der Waals surface area contributed by atoms with Crippen molar-refractivity contribution in [2.45, 2.75) is 26.8 Å². The zero-order valence-electron chi connectivity index (χ0n) is 14.5. The molecule has 134 valence electrons. The van der Waals surface area contributed by atoms with Crippen LogP contribution in [-0.2, 0) is 17.8 Å². The molecule has 0 spiro atoms. The SMILES string of the molecule is CCc1ccc(-c2ccc(C(=O)Nc3cc(C)nn3CC(=O)O)o2)cc1. The van der Waals surface area contributed by atoms with E-state index in [1.807, 2.05) is 24.3 Å². The van der Waals surface area contributed by atoms with E-state index in [1.54, 1.807) is 25.1 Å². The van der Waals surface area contributed by atoms with Crippen LogP contribution in [0, 0.1) is 6.92 Å². The summed E-state index contributed by atoms with van der Waals surface area (Å²) in [5, 5.41) is 15.6. The standard InChI is InChI=1S/C19H19N3O4/c1-3-13-4-6-14(7-5-13)15-8-9-16(26-15)19(25)20-17-10-12(2)21-22(17)11-18(23)24/h4-10H,3,11H2,1-2H3,(H,20,25)(H,23,24). The molecule has 0 bridgehead atoms. The van der Waals surface area contributed by atoms with Crippen molar-refractivity contribution in [1.29, 1.82) is 0 Å². The molecule has 0 saturated carbocycles. The molecule has 0 aliphatic carbocycles. The van der Waals surface area contributed by atoms with Crippen molar-refractivity contribution in [2.75, 3.05) is 5.32 Å². The lowest BCUT2D eigenvalue weighted by atomic mass is 10.1. The van der Waals surface area contributed by atoms with Crippen LogP contribution in [0.5, 0.6) is 0 Å². The third-order valence-electron chi connectivity index (χ3n) is 3.91. The molecule has 0 fully saturated rings. The lowest BCUT2D eigenvalue weighted by Gasteiger charge is -2.05. The molecule has 0 aliphatic heterocycles. The van der Waals surface area contributed by atoms with Crippen LogP contribution in [0.2, 0.25) is 0 Å². The van der Waals surface area contributed by atoms with Crippen molar-refractivity contribution in [3.63, 3.8) is 0 Å². The van der Waals surface area contributed by atoms with Gasteiger partial charge in [0.25, 0.3) is 5.91 Å². The largest absolute Gasteiger partial charge is 0.480 e. The normalized spacial score (nSPS) is 10.7. The third kappa shape index (κ3) is 3.83. The van der Waals surface area contributed by atoms with Crippen LogP contribution in [0.1, 0.15) is 28.7 Å². The number of nitrogens with one attached hydrogen (secondary N) is 1. The van der Waals surface area contributed by atoms with Crippen molar-refractivity contribution in [1.82, 2.24) is 9.78 Å². The maximum absolute atomic E-state index is 12.4. The predicted molar refractivity (Wildman–Crippen MR) is 96.1 cm³/mol. The van der Waals surface area contributed by atoms with Gasteiger partial charge in [0.15, 0.2) is 5.76 Å². The molecular formula is C19H19N3O4. The Labute approximate surface area is 150 Å². The maximum atomic E-state index is 12.4. The Morgan fingerprint density at radius 2 is 1.92 bits per heavy atom. The number of hydrogen-bond donors (Lipinski definition) is 2. The molecule has 2 N–H and O–H groups in total. The number of carboxylic acids is 1. The molecule has 1 amide bonds. The summed E-state index contributed by atoms with van der Waals surface area (Å²) in [5.41, 5.74) is 2.71. The van der Waals surface area contributed by atoms with Gasteiger partial charge in [0.1, 0.15) is 18.1 Å². The lowest BCUT2D eigenvalue weighted by molar-refractivity contribution is -0.137. The quantitative estimate of drug-likeness (QED) is 0.708. The Morgan fingerprint density at radius 1 is 1.19 bits per heavy atom. The fourth-order valence-corrected chi connectivity index (χ4v) is 2.59. The van der Waals surface area contributed by atoms with Gasteiger partial charge in [-0.3, -0.25) is 9.59 Å². The van der Waals surface area contributed by atoms with Crippen molar-refractivity contribution in [2.24, 2.45) is 0 Å². The van der Waals surface area contributed by atoms with E-state index in [0.717, 1.165) is 12.0 Å². The van der Waals surface area contributed by atoms with Crippen molar-refractivity contribution < 1.29 is 19.1 Å². The smallest absolute Gasteiger partial charge is 0.325 e. The van der Waals surface area contributed by atoms with Gasteiger partial charge in [-0.25, -0.2) is 4.68 Å². The zero-order chi connectivity index (χ0) is 18.7. The number of carbonyl (C=O) groups excluding carboxylic acids is 1. The number of anilines is 1. The average molecular weight is 353 g/mol. The first-order chi connectivity index (χ1) is 12.5. The molecule has 2 aromatic heterocycles. The Hall–Kier alpha value is -3.35. The molecule has 3 aromatic rings. The van der Waals surface area contributed by atoms with Crippen molar-refractivity contribution >= 4 is 17.7 Å². The summed E-state index contributed by atoms with van der Waals surface area (Å²) in [6.45, 7) is 3.47. The fourth-order valence-electron chi connectivity index (χ4n) is 2.59. The number of rotatable bonds is 6. The first-order valence-corrected chi connectivity index (χ1v) is 8.23. The summed E-state index contributed by atoms with van der Waals surface area (Å²) < 4.78 is 6.87. The number of aryl methyl sites for hydroxylation is 2. The van der Waals surface area contributed by atoms with Gasteiger partial charge >= 0.3 is 5.97 Å². The summed E-state index contributed by atoms with van der Waals surface area (Å²) in [5.74, 6) is -0.471. The third-order valence-corrected chi connectivity index (χ3v) is 3.91. The summed E-state index contributed by atoms with van der Waals surface area (Å²) in [4.78, 5) is 23.3. The van der Waals surface area contributed by atoms with E-state index in [1.165, 1.54) is 10.2 Å². The van der Waals surface area contributed by atoms with Crippen LogP contribution in [0.15, 0.2) is 46.9 Å². The Bertz CT molecular complexity index is 938. The Balaban J connectivity index is 1.77. The summed E-state index contributed by atoms with van der Waals surface area (Å²) >= 11 is 0. The summed E-state index contributed by atoms with van der Waals surface area (Å²) in [6.07, 6.45) is 0.954. The van der Waals surface area contributed by atoms with E-state index >= 15 is 0 Å². The molecule has 0 atom stereocenters. The van der Waals surface area contributed by atoms with Gasteiger partial charge in [0.05, 0.1) is 5.69 Å². The number of nitrogens with zero attached hydrogens (tertiary/aromatic N) is 2. The number of aliphatic carboxylic acids is 1. The Kier molecular flexibility index (Phi) is 4.88. The lowest BCUT2D eigenvalue weighted by Crippen LogP contribution is -2.18. The molecule has 0 radical (unpaired) electrons. The van der Waals surface area contributed by atoms with Crippen LogP contribution < -0.4 is 5.32 Å². The van der Waals surface area contributed by atoms with E-state index in [-0.39, 0.29) is 12.3 Å². The second-order valence-electron chi connectivity index (χ2n) is 5.89. The molecule has 7 heteroatoms. The second-order valence-corrected chi connectivity index (χ2v) is 5.89. The predicted octanol–water partition coefficient (Wildman–Crippen LogP) is 3.35. The van der Waals surface area contributed by atoms with E-state index in [0.29, 0.717) is 17.3 Å². The van der Waals surface area contributed by atoms with Crippen molar-refractivity contribution in [3.8, 4) is 11.3 Å². The van der Waals surface area contributed by atoms with Gasteiger partial charge < -0.3 is 14.8 Å². The van der Waals surface area contributed by atoms with E-state index in [9.17, 15) is 9.59 Å². The summed E-state index contributed by atoms with van der Waals surface area (Å²) in [7, 11) is 0. The number of aromatic nitrogens is 2.